The Balaban J connectivity index is 1.64. The number of aryl methyl sites for hydroxylation is 1. The lowest BCUT2D eigenvalue weighted by atomic mass is 10.0. The van der Waals surface area contributed by atoms with E-state index in [1.807, 2.05) is 12.1 Å². The number of aromatic nitrogens is 1. The van der Waals surface area contributed by atoms with E-state index in [1.165, 1.54) is 12.1 Å². The van der Waals surface area contributed by atoms with E-state index in [-0.39, 0.29) is 36.5 Å². The fourth-order valence-corrected chi connectivity index (χ4v) is 3.18. The Bertz CT molecular complexity index is 739. The van der Waals surface area contributed by atoms with Crippen LogP contribution in [0.1, 0.15) is 30.1 Å². The minimum absolute atomic E-state index is 0.0888. The van der Waals surface area contributed by atoms with E-state index in [0.29, 0.717) is 6.61 Å². The third kappa shape index (κ3) is 3.85. The molecule has 1 aromatic heterocycles. The molecular weight excluding hydrogens is 326 g/mol. The second kappa shape index (κ2) is 7.70. The number of likely N-dealkylation sites (N-methyl/N-ethyl adjacent to an activating group) is 1. The first-order valence-electron chi connectivity index (χ1n) is 8.28. The van der Waals surface area contributed by atoms with Gasteiger partial charge in [-0.05, 0) is 30.5 Å². The van der Waals surface area contributed by atoms with Gasteiger partial charge in [-0.3, -0.25) is 9.78 Å². The smallest absolute Gasteiger partial charge is 0.222 e. The molecule has 1 aliphatic heterocycles. The van der Waals surface area contributed by atoms with Crippen molar-refractivity contribution in [3.63, 3.8) is 0 Å². The molecule has 1 amide bonds. The van der Waals surface area contributed by atoms with Crippen LogP contribution in [0, 0.1) is 11.6 Å². The predicted molar refractivity (Wildman–Crippen MR) is 88.8 cm³/mol. The summed E-state index contributed by atoms with van der Waals surface area (Å²) in [4.78, 5) is 18.3. The van der Waals surface area contributed by atoms with Crippen LogP contribution in [-0.2, 0) is 16.0 Å². The van der Waals surface area contributed by atoms with Crippen molar-refractivity contribution in [2.45, 2.75) is 31.4 Å². The van der Waals surface area contributed by atoms with Gasteiger partial charge in [0.1, 0.15) is 6.10 Å². The highest BCUT2D eigenvalue weighted by molar-refractivity contribution is 5.76. The van der Waals surface area contributed by atoms with Crippen LogP contribution in [0.2, 0.25) is 0 Å². The van der Waals surface area contributed by atoms with Crippen molar-refractivity contribution in [3.8, 4) is 0 Å². The van der Waals surface area contributed by atoms with Gasteiger partial charge < -0.3 is 9.64 Å². The molecule has 2 aromatic rings. The van der Waals surface area contributed by atoms with E-state index in [2.05, 4.69) is 4.98 Å². The van der Waals surface area contributed by atoms with Crippen molar-refractivity contribution in [1.82, 2.24) is 9.88 Å². The van der Waals surface area contributed by atoms with Crippen molar-refractivity contribution >= 4 is 5.91 Å². The highest BCUT2D eigenvalue weighted by Gasteiger charge is 2.34. The normalized spacial score (nSPS) is 19.8. The van der Waals surface area contributed by atoms with Gasteiger partial charge in [-0.25, -0.2) is 8.78 Å². The van der Waals surface area contributed by atoms with Gasteiger partial charge in [0.2, 0.25) is 5.91 Å². The Morgan fingerprint density at radius 2 is 2.16 bits per heavy atom. The topological polar surface area (TPSA) is 42.4 Å². The van der Waals surface area contributed by atoms with Gasteiger partial charge in [0, 0.05) is 38.0 Å². The van der Waals surface area contributed by atoms with E-state index in [4.69, 9.17) is 4.74 Å². The molecule has 6 heteroatoms. The lowest BCUT2D eigenvalue weighted by Crippen LogP contribution is -2.39. The number of rotatable bonds is 5. The van der Waals surface area contributed by atoms with Crippen LogP contribution < -0.4 is 0 Å². The summed E-state index contributed by atoms with van der Waals surface area (Å²) in [5.74, 6) is -1.89. The van der Waals surface area contributed by atoms with E-state index < -0.39 is 11.6 Å². The number of nitrogens with zero attached hydrogens (tertiary/aromatic N) is 2. The zero-order valence-electron chi connectivity index (χ0n) is 14.0. The number of amides is 1. The zero-order valence-corrected chi connectivity index (χ0v) is 14.0. The van der Waals surface area contributed by atoms with Gasteiger partial charge in [0.05, 0.1) is 6.04 Å². The predicted octanol–water partition coefficient (Wildman–Crippen LogP) is 3.28. The van der Waals surface area contributed by atoms with Gasteiger partial charge in [-0.15, -0.1) is 0 Å². The molecule has 2 atom stereocenters. The van der Waals surface area contributed by atoms with Crippen molar-refractivity contribution < 1.29 is 18.3 Å². The quantitative estimate of drug-likeness (QED) is 0.834. The van der Waals surface area contributed by atoms with E-state index in [1.54, 1.807) is 24.3 Å². The molecule has 1 fully saturated rings. The van der Waals surface area contributed by atoms with E-state index in [9.17, 15) is 13.6 Å². The number of benzene rings is 1. The number of carbonyl (C=O) groups is 1. The summed E-state index contributed by atoms with van der Waals surface area (Å²) in [5, 5.41) is 0. The molecule has 0 unspecified atom stereocenters. The summed E-state index contributed by atoms with van der Waals surface area (Å²) >= 11 is 0. The molecule has 1 aliphatic rings. The molecule has 0 aliphatic carbocycles. The number of hydrogen-bond donors (Lipinski definition) is 0. The molecule has 2 heterocycles. The Morgan fingerprint density at radius 1 is 1.32 bits per heavy atom. The summed E-state index contributed by atoms with van der Waals surface area (Å²) in [6.45, 7) is 0.570. The monoisotopic (exact) mass is 346 g/mol. The fourth-order valence-electron chi connectivity index (χ4n) is 3.18. The van der Waals surface area contributed by atoms with Gasteiger partial charge in [-0.2, -0.15) is 0 Å². The van der Waals surface area contributed by atoms with Crippen molar-refractivity contribution in [2.75, 3.05) is 13.7 Å². The van der Waals surface area contributed by atoms with Crippen LogP contribution in [0.4, 0.5) is 8.78 Å². The highest BCUT2D eigenvalue weighted by atomic mass is 19.2. The van der Waals surface area contributed by atoms with Crippen LogP contribution >= 0.6 is 0 Å². The van der Waals surface area contributed by atoms with Crippen molar-refractivity contribution in [1.29, 1.82) is 0 Å². The largest absolute Gasteiger partial charge is 0.371 e. The SMILES string of the molecule is CN(C(=O)CCc1cccc(F)c1F)[C@H]1CCO[C@@H]1c1cccnc1. The lowest BCUT2D eigenvalue weighted by molar-refractivity contribution is -0.133. The molecule has 0 N–H and O–H groups in total. The van der Waals surface area contributed by atoms with Gasteiger partial charge in [-0.1, -0.05) is 18.2 Å². The van der Waals surface area contributed by atoms with Crippen LogP contribution in [0.3, 0.4) is 0 Å². The molecule has 0 bridgehead atoms. The molecule has 0 radical (unpaired) electrons. The maximum atomic E-state index is 13.7. The number of halogens is 2. The number of ether oxygens (including phenoxy) is 1. The molecule has 132 valence electrons. The Labute approximate surface area is 145 Å². The van der Waals surface area contributed by atoms with Gasteiger partial charge >= 0.3 is 0 Å². The second-order valence-electron chi connectivity index (χ2n) is 6.15. The van der Waals surface area contributed by atoms with Crippen LogP contribution in [-0.4, -0.2) is 35.5 Å². The van der Waals surface area contributed by atoms with Crippen LogP contribution in [0.5, 0.6) is 0 Å². The zero-order chi connectivity index (χ0) is 17.8. The van der Waals surface area contributed by atoms with Crippen molar-refractivity contribution in [3.05, 3.63) is 65.5 Å². The summed E-state index contributed by atoms with van der Waals surface area (Å²) < 4.78 is 32.7. The highest BCUT2D eigenvalue weighted by Crippen LogP contribution is 2.32. The van der Waals surface area contributed by atoms with Gasteiger partial charge in [0.15, 0.2) is 11.6 Å². The van der Waals surface area contributed by atoms with Crippen LogP contribution in [0.15, 0.2) is 42.7 Å². The summed E-state index contributed by atoms with van der Waals surface area (Å²) in [5.41, 5.74) is 1.15. The summed E-state index contributed by atoms with van der Waals surface area (Å²) in [6, 6.07) is 7.70. The minimum Gasteiger partial charge on any atom is -0.371 e. The third-order valence-electron chi connectivity index (χ3n) is 4.60. The molecule has 4 nitrogen and oxygen atoms in total. The lowest BCUT2D eigenvalue weighted by Gasteiger charge is -2.28. The third-order valence-corrected chi connectivity index (χ3v) is 4.60. The number of carbonyl (C=O) groups excluding carboxylic acids is 1. The fraction of sp³-hybridized carbons (Fsp3) is 0.368. The summed E-state index contributed by atoms with van der Waals surface area (Å²) in [7, 11) is 1.73. The summed E-state index contributed by atoms with van der Waals surface area (Å²) in [6.07, 6.45) is 4.23. The molecule has 25 heavy (non-hydrogen) atoms. The molecule has 0 spiro atoms. The molecule has 0 saturated carbocycles. The minimum atomic E-state index is -0.890. The average molecular weight is 346 g/mol. The maximum Gasteiger partial charge on any atom is 0.222 e. The van der Waals surface area contributed by atoms with Crippen molar-refractivity contribution in [2.24, 2.45) is 0 Å². The van der Waals surface area contributed by atoms with Crippen LogP contribution in [0.25, 0.3) is 0 Å². The Morgan fingerprint density at radius 3 is 2.92 bits per heavy atom. The molecule has 3 rings (SSSR count). The Hall–Kier alpha value is -2.34. The standard InChI is InChI=1S/C19H20F2N2O2/c1-23(16-9-11-25-19(16)14-5-3-10-22-12-14)17(24)8-7-13-4-2-6-15(20)18(13)21/h2-6,10,12,16,19H,7-9,11H2,1H3/t16-,19+/m0/s1. The number of pyridine rings is 1. The molecule has 1 saturated heterocycles. The van der Waals surface area contributed by atoms with Gasteiger partial charge in [0.25, 0.3) is 0 Å². The number of hydrogen-bond acceptors (Lipinski definition) is 3. The van der Waals surface area contributed by atoms with E-state index in [0.717, 1.165) is 18.1 Å². The first-order chi connectivity index (χ1) is 12.1. The first-order valence-corrected chi connectivity index (χ1v) is 8.28. The second-order valence-corrected chi connectivity index (χ2v) is 6.15. The Kier molecular flexibility index (Phi) is 5.38. The van der Waals surface area contributed by atoms with E-state index >= 15 is 0 Å². The maximum absolute atomic E-state index is 13.7. The first kappa shape index (κ1) is 17.5. The average Bonchev–Trinajstić information content (AvgIpc) is 3.12. The molecule has 1 aromatic carbocycles. The molecular formula is C19H20F2N2O2.